The second kappa shape index (κ2) is 4.89. The molecule has 1 nitrogen and oxygen atoms in total. The van der Waals surface area contributed by atoms with Gasteiger partial charge in [0.2, 0.25) is 0 Å². The van der Waals surface area contributed by atoms with E-state index in [1.54, 1.807) is 12.2 Å². The van der Waals surface area contributed by atoms with Gasteiger partial charge < -0.3 is 5.11 Å². The van der Waals surface area contributed by atoms with Crippen molar-refractivity contribution in [1.29, 1.82) is 0 Å². The van der Waals surface area contributed by atoms with Crippen LogP contribution in [0.3, 0.4) is 0 Å². The first kappa shape index (κ1) is 7.74. The van der Waals surface area contributed by atoms with E-state index in [1.807, 2.05) is 6.92 Å². The Balaban J connectivity index is 3.59. The largest absolute Gasteiger partial charge is 0.377 e. The van der Waals surface area contributed by atoms with E-state index < -0.39 is 6.10 Å². The summed E-state index contributed by atoms with van der Waals surface area (Å²) in [5.74, 6) is 2.48. The van der Waals surface area contributed by atoms with E-state index in [0.717, 1.165) is 0 Å². The highest BCUT2D eigenvalue weighted by atomic mass is 79.9. The van der Waals surface area contributed by atoms with Gasteiger partial charge in [0.1, 0.15) is 6.10 Å². The van der Waals surface area contributed by atoms with Gasteiger partial charge in [-0.2, -0.15) is 0 Å². The Morgan fingerprint density at radius 1 is 1.75 bits per heavy atom. The fourth-order valence-electron chi connectivity index (χ4n) is 0.286. The Bertz CT molecular complexity index is 129. The molecule has 0 bridgehead atoms. The molecule has 0 fully saturated rings. The summed E-state index contributed by atoms with van der Waals surface area (Å²) < 4.78 is 0. The third-order valence-electron chi connectivity index (χ3n) is 0.577. The van der Waals surface area contributed by atoms with Gasteiger partial charge in [0.05, 0.1) is 0 Å². The first-order valence-electron chi connectivity index (χ1n) is 2.23. The minimum Gasteiger partial charge on any atom is -0.377 e. The van der Waals surface area contributed by atoms with Crippen molar-refractivity contribution in [2.24, 2.45) is 0 Å². The molecular weight excluding hydrogens is 168 g/mol. The average molecular weight is 175 g/mol. The van der Waals surface area contributed by atoms with Crippen LogP contribution in [-0.4, -0.2) is 11.2 Å². The van der Waals surface area contributed by atoms with Crippen LogP contribution in [0.1, 0.15) is 6.92 Å². The van der Waals surface area contributed by atoms with Gasteiger partial charge in [0.25, 0.3) is 0 Å². The summed E-state index contributed by atoms with van der Waals surface area (Å²) in [5.41, 5.74) is 0. The van der Waals surface area contributed by atoms with Gasteiger partial charge in [-0.1, -0.05) is 12.0 Å². The molecule has 0 aromatic carbocycles. The minimum atomic E-state index is -0.626. The Kier molecular flexibility index (Phi) is 4.73. The molecule has 0 saturated heterocycles. The van der Waals surface area contributed by atoms with Gasteiger partial charge >= 0.3 is 0 Å². The topological polar surface area (TPSA) is 20.2 Å². The van der Waals surface area contributed by atoms with Crippen molar-refractivity contribution in [2.45, 2.75) is 13.0 Å². The molecule has 0 spiro atoms. The molecule has 2 heteroatoms. The maximum absolute atomic E-state index is 8.76. The van der Waals surface area contributed by atoms with Crippen LogP contribution in [0, 0.1) is 10.8 Å². The molecular formula is C6H7BrO. The van der Waals surface area contributed by atoms with Gasteiger partial charge in [0.15, 0.2) is 0 Å². The summed E-state index contributed by atoms with van der Waals surface area (Å²) in [5, 5.41) is 8.76. The summed E-state index contributed by atoms with van der Waals surface area (Å²) in [6.45, 7) is 1.83. The van der Waals surface area contributed by atoms with Crippen LogP contribution in [0.2, 0.25) is 0 Å². The molecule has 1 N–H and O–H groups in total. The second-order valence-electron chi connectivity index (χ2n) is 1.21. The lowest BCUT2D eigenvalue weighted by molar-refractivity contribution is 0.280. The van der Waals surface area contributed by atoms with Crippen molar-refractivity contribution < 1.29 is 5.11 Å². The Labute approximate surface area is 57.5 Å². The van der Waals surface area contributed by atoms with Crippen LogP contribution < -0.4 is 0 Å². The van der Waals surface area contributed by atoms with Crippen LogP contribution in [0.15, 0.2) is 12.2 Å². The number of allylic oxidation sites excluding steroid dienone is 1. The molecule has 0 aliphatic rings. The Morgan fingerprint density at radius 2 is 2.38 bits per heavy atom. The fraction of sp³-hybridized carbons (Fsp3) is 0.333. The molecule has 0 aromatic heterocycles. The lowest BCUT2D eigenvalue weighted by Gasteiger charge is -1.87. The maximum Gasteiger partial charge on any atom is 0.134 e. The number of aliphatic hydroxyl groups excluding tert-OH is 1. The van der Waals surface area contributed by atoms with Crippen LogP contribution in [0.5, 0.6) is 0 Å². The number of hydrogen-bond donors (Lipinski definition) is 1. The Morgan fingerprint density at radius 3 is 2.75 bits per heavy atom. The van der Waals surface area contributed by atoms with Crippen molar-refractivity contribution in [3.05, 3.63) is 12.2 Å². The molecule has 8 heavy (non-hydrogen) atoms. The molecule has 0 saturated carbocycles. The lowest BCUT2D eigenvalue weighted by atomic mass is 10.3. The zero-order valence-corrected chi connectivity index (χ0v) is 6.14. The zero-order chi connectivity index (χ0) is 6.41. The average Bonchev–Trinajstić information content (AvgIpc) is 1.68. The number of hydrogen-bond acceptors (Lipinski definition) is 1. The number of aliphatic hydroxyl groups is 1. The van der Waals surface area contributed by atoms with Gasteiger partial charge in [-0.05, 0) is 17.8 Å². The van der Waals surface area contributed by atoms with Gasteiger partial charge in [-0.25, -0.2) is 0 Å². The van der Waals surface area contributed by atoms with E-state index in [2.05, 4.69) is 26.7 Å². The van der Waals surface area contributed by atoms with Gasteiger partial charge in [-0.15, -0.1) is 0 Å². The third kappa shape index (κ3) is 3.91. The molecule has 0 aliphatic carbocycles. The van der Waals surface area contributed by atoms with Crippen molar-refractivity contribution in [3.63, 3.8) is 0 Å². The molecule has 0 amide bonds. The molecule has 0 heterocycles. The summed E-state index contributed by atoms with van der Waals surface area (Å²) in [4.78, 5) is 2.41. The molecule has 0 rings (SSSR count). The maximum atomic E-state index is 8.76. The van der Waals surface area contributed by atoms with Crippen LogP contribution in [0.4, 0.5) is 0 Å². The van der Waals surface area contributed by atoms with Crippen molar-refractivity contribution in [3.8, 4) is 10.8 Å². The quantitative estimate of drug-likeness (QED) is 0.470. The number of halogens is 1. The third-order valence-corrected chi connectivity index (χ3v) is 0.806. The monoisotopic (exact) mass is 174 g/mol. The zero-order valence-electron chi connectivity index (χ0n) is 4.56. The highest BCUT2D eigenvalue weighted by molar-refractivity contribution is 9.12. The molecule has 0 aliphatic heterocycles. The molecule has 0 radical (unpaired) electrons. The van der Waals surface area contributed by atoms with Crippen molar-refractivity contribution >= 4 is 15.9 Å². The van der Waals surface area contributed by atoms with E-state index in [9.17, 15) is 0 Å². The normalized spacial score (nSPS) is 12.9. The van der Waals surface area contributed by atoms with Crippen molar-refractivity contribution in [2.75, 3.05) is 0 Å². The minimum absolute atomic E-state index is 0.626. The molecule has 44 valence electrons. The molecule has 1 atom stereocenters. The van der Waals surface area contributed by atoms with Gasteiger partial charge in [0, 0.05) is 15.9 Å². The summed E-state index contributed by atoms with van der Waals surface area (Å²) in [6, 6.07) is 0. The van der Waals surface area contributed by atoms with E-state index in [0.29, 0.717) is 0 Å². The highest BCUT2D eigenvalue weighted by Gasteiger charge is 1.85. The summed E-state index contributed by atoms with van der Waals surface area (Å²) >= 11 is 2.86. The lowest BCUT2D eigenvalue weighted by Crippen LogP contribution is -1.94. The predicted molar refractivity (Wildman–Crippen MR) is 37.5 cm³/mol. The smallest absolute Gasteiger partial charge is 0.134 e. The second-order valence-corrected chi connectivity index (χ2v) is 1.61. The van der Waals surface area contributed by atoms with Crippen LogP contribution >= 0.6 is 15.9 Å². The summed E-state index contributed by atoms with van der Waals surface area (Å²) in [6.07, 6.45) is 2.73. The first-order valence-corrected chi connectivity index (χ1v) is 3.02. The Hall–Kier alpha value is -0.260. The van der Waals surface area contributed by atoms with Crippen LogP contribution in [0.25, 0.3) is 0 Å². The molecule has 0 aromatic rings. The van der Waals surface area contributed by atoms with E-state index in [1.165, 1.54) is 0 Å². The first-order chi connectivity index (χ1) is 3.81. The van der Waals surface area contributed by atoms with Gasteiger partial charge in [-0.3, -0.25) is 0 Å². The van der Waals surface area contributed by atoms with E-state index >= 15 is 0 Å². The van der Waals surface area contributed by atoms with Crippen LogP contribution in [-0.2, 0) is 0 Å². The highest BCUT2D eigenvalue weighted by Crippen LogP contribution is 1.82. The predicted octanol–water partition coefficient (Wildman–Crippen LogP) is 1.28. The fourth-order valence-corrected chi connectivity index (χ4v) is 0.521. The standard InChI is InChI=1S/C6H7BrO/c1-2-3-6(8)4-5-7/h2-3,6,8H,1H3. The van der Waals surface area contributed by atoms with Crippen molar-refractivity contribution in [1.82, 2.24) is 0 Å². The van der Waals surface area contributed by atoms with E-state index in [4.69, 9.17) is 5.11 Å². The van der Waals surface area contributed by atoms with E-state index in [-0.39, 0.29) is 0 Å². The molecule has 1 unspecified atom stereocenters. The summed E-state index contributed by atoms with van der Waals surface area (Å²) in [7, 11) is 0. The number of rotatable bonds is 1. The SMILES string of the molecule is CC=CC(O)C#CBr.